The molecule has 1 N–H and O–H groups in total. The largest absolute Gasteiger partial charge is 0.512 e. The summed E-state index contributed by atoms with van der Waals surface area (Å²) in [6, 6.07) is 0. The molecule has 1 heterocycles. The van der Waals surface area contributed by atoms with E-state index in [1.165, 1.54) is 0 Å². The van der Waals surface area contributed by atoms with E-state index >= 15 is 0 Å². The van der Waals surface area contributed by atoms with Gasteiger partial charge in [0.25, 0.3) is 0 Å². The van der Waals surface area contributed by atoms with Gasteiger partial charge in [-0.1, -0.05) is 6.08 Å². The lowest BCUT2D eigenvalue weighted by atomic mass is 9.80. The van der Waals surface area contributed by atoms with Gasteiger partial charge in [-0.3, -0.25) is 0 Å². The van der Waals surface area contributed by atoms with Crippen molar-refractivity contribution in [3.63, 3.8) is 0 Å². The van der Waals surface area contributed by atoms with Crippen LogP contribution in [0.1, 0.15) is 32.1 Å². The fraction of sp³-hybridized carbons (Fsp3) is 0.583. The Hall–Kier alpha value is -1.25. The molecule has 0 amide bonds. The number of esters is 1. The number of allylic oxidation sites excluding steroid dienone is 1. The van der Waals surface area contributed by atoms with Gasteiger partial charge >= 0.3 is 5.97 Å². The number of carbonyl (C=O) groups is 1. The van der Waals surface area contributed by atoms with E-state index < -0.39 is 0 Å². The number of aliphatic hydroxyl groups excluding tert-OH is 1. The third kappa shape index (κ3) is 1.91. The molecule has 3 heteroatoms. The third-order valence-corrected chi connectivity index (χ3v) is 3.16. The van der Waals surface area contributed by atoms with Crippen molar-refractivity contribution >= 4 is 5.97 Å². The number of hydrogen-bond donors (Lipinski definition) is 1. The first kappa shape index (κ1) is 10.3. The van der Waals surface area contributed by atoms with Crippen LogP contribution in [-0.2, 0) is 9.53 Å². The van der Waals surface area contributed by atoms with Crippen LogP contribution in [0, 0.1) is 5.92 Å². The van der Waals surface area contributed by atoms with E-state index in [0.717, 1.165) is 19.3 Å². The molecule has 2 aliphatic rings. The fourth-order valence-electron chi connectivity index (χ4n) is 2.46. The maximum Gasteiger partial charge on any atom is 0.337 e. The number of cyclic esters (lactones) is 1. The molecule has 0 radical (unpaired) electrons. The number of ether oxygens (including phenoxy) is 1. The smallest absolute Gasteiger partial charge is 0.337 e. The lowest BCUT2D eigenvalue weighted by molar-refractivity contribution is -0.150. The summed E-state index contributed by atoms with van der Waals surface area (Å²) in [5.41, 5.74) is 0.529. The molecule has 0 spiro atoms. The van der Waals surface area contributed by atoms with Gasteiger partial charge in [-0.25, -0.2) is 4.79 Å². The molecule has 82 valence electrons. The standard InChI is InChI=1S/C12H16O3/c1-2-4-9-7-8-5-3-6-10(13)11(8)12(14)15-9/h2,8-9,13H,1,3-7H2/t8-,9-/m0/s1. The van der Waals surface area contributed by atoms with E-state index in [2.05, 4.69) is 6.58 Å². The first-order valence-corrected chi connectivity index (χ1v) is 5.46. The highest BCUT2D eigenvalue weighted by Crippen LogP contribution is 2.37. The normalized spacial score (nSPS) is 30.8. The van der Waals surface area contributed by atoms with Crippen molar-refractivity contribution in [1.82, 2.24) is 0 Å². The molecule has 2 atom stereocenters. The highest BCUT2D eigenvalue weighted by atomic mass is 16.5. The topological polar surface area (TPSA) is 46.5 Å². The molecule has 0 unspecified atom stereocenters. The molecule has 0 saturated carbocycles. The molecule has 1 aliphatic heterocycles. The van der Waals surface area contributed by atoms with E-state index in [1.54, 1.807) is 6.08 Å². The van der Waals surface area contributed by atoms with Crippen molar-refractivity contribution in [2.75, 3.05) is 0 Å². The highest BCUT2D eigenvalue weighted by molar-refractivity contribution is 5.90. The SMILES string of the molecule is C=CC[C@H]1C[C@@H]2CCCC(O)=C2C(=O)O1. The zero-order chi connectivity index (χ0) is 10.8. The Morgan fingerprint density at radius 3 is 3.13 bits per heavy atom. The maximum atomic E-state index is 11.6. The summed E-state index contributed by atoms with van der Waals surface area (Å²) in [6.07, 6.45) is 5.83. The molecule has 0 aromatic heterocycles. The molecule has 0 bridgehead atoms. The third-order valence-electron chi connectivity index (χ3n) is 3.16. The minimum atomic E-state index is -0.324. The van der Waals surface area contributed by atoms with Crippen molar-refractivity contribution < 1.29 is 14.6 Å². The number of carbonyl (C=O) groups excluding carboxylic acids is 1. The Morgan fingerprint density at radius 2 is 2.40 bits per heavy atom. The van der Waals surface area contributed by atoms with Crippen LogP contribution >= 0.6 is 0 Å². The van der Waals surface area contributed by atoms with E-state index in [0.29, 0.717) is 18.4 Å². The molecule has 15 heavy (non-hydrogen) atoms. The molecule has 1 saturated heterocycles. The lowest BCUT2D eigenvalue weighted by Crippen LogP contribution is -2.34. The quantitative estimate of drug-likeness (QED) is 0.560. The highest BCUT2D eigenvalue weighted by Gasteiger charge is 2.36. The van der Waals surface area contributed by atoms with E-state index in [-0.39, 0.29) is 23.8 Å². The second-order valence-corrected chi connectivity index (χ2v) is 4.24. The van der Waals surface area contributed by atoms with Gasteiger partial charge in [-0.2, -0.15) is 0 Å². The summed E-state index contributed by atoms with van der Waals surface area (Å²) in [4.78, 5) is 11.6. The monoisotopic (exact) mass is 208 g/mol. The molecule has 1 aliphatic carbocycles. The summed E-state index contributed by atoms with van der Waals surface area (Å²) >= 11 is 0. The second kappa shape index (κ2) is 4.09. The van der Waals surface area contributed by atoms with E-state index in [4.69, 9.17) is 4.74 Å². The first-order chi connectivity index (χ1) is 7.22. The minimum absolute atomic E-state index is 0.0466. The molecule has 3 nitrogen and oxygen atoms in total. The van der Waals surface area contributed by atoms with Crippen LogP contribution in [0.15, 0.2) is 24.0 Å². The molecule has 2 rings (SSSR count). The summed E-state index contributed by atoms with van der Waals surface area (Å²) in [5.74, 6) is 0.119. The summed E-state index contributed by atoms with van der Waals surface area (Å²) in [5, 5.41) is 9.65. The molecule has 0 aromatic rings. The van der Waals surface area contributed by atoms with Gasteiger partial charge in [0.2, 0.25) is 0 Å². The predicted octanol–water partition coefficient (Wildman–Crippen LogP) is 2.49. The number of rotatable bonds is 2. The van der Waals surface area contributed by atoms with Crippen molar-refractivity contribution in [1.29, 1.82) is 0 Å². The van der Waals surface area contributed by atoms with E-state index in [9.17, 15) is 9.90 Å². The van der Waals surface area contributed by atoms with Gasteiger partial charge in [0.15, 0.2) is 0 Å². The maximum absolute atomic E-state index is 11.6. The Morgan fingerprint density at radius 1 is 1.60 bits per heavy atom. The predicted molar refractivity (Wildman–Crippen MR) is 56.3 cm³/mol. The van der Waals surface area contributed by atoms with Gasteiger partial charge in [0.05, 0.1) is 5.57 Å². The Kier molecular flexibility index (Phi) is 2.80. The summed E-state index contributed by atoms with van der Waals surface area (Å²) in [7, 11) is 0. The number of aliphatic hydroxyl groups is 1. The molecule has 1 fully saturated rings. The van der Waals surface area contributed by atoms with Crippen molar-refractivity contribution in [2.24, 2.45) is 5.92 Å². The Balaban J connectivity index is 2.18. The number of fused-ring (bicyclic) bond motifs is 1. The van der Waals surface area contributed by atoms with Gasteiger partial charge in [0, 0.05) is 12.8 Å². The average Bonchev–Trinajstić information content (AvgIpc) is 2.17. The van der Waals surface area contributed by atoms with Crippen molar-refractivity contribution in [3.8, 4) is 0 Å². The molecule has 0 aromatic carbocycles. The number of hydrogen-bond acceptors (Lipinski definition) is 3. The zero-order valence-corrected chi connectivity index (χ0v) is 8.74. The van der Waals surface area contributed by atoms with Crippen LogP contribution < -0.4 is 0 Å². The van der Waals surface area contributed by atoms with Crippen molar-refractivity contribution in [3.05, 3.63) is 24.0 Å². The van der Waals surface area contributed by atoms with Crippen LogP contribution in [0.5, 0.6) is 0 Å². The fourth-order valence-corrected chi connectivity index (χ4v) is 2.46. The lowest BCUT2D eigenvalue weighted by Gasteiger charge is -2.33. The van der Waals surface area contributed by atoms with Crippen LogP contribution in [0.4, 0.5) is 0 Å². The first-order valence-electron chi connectivity index (χ1n) is 5.46. The Bertz CT molecular complexity index is 317. The van der Waals surface area contributed by atoms with Gasteiger partial charge in [-0.15, -0.1) is 6.58 Å². The van der Waals surface area contributed by atoms with E-state index in [1.807, 2.05) is 0 Å². The second-order valence-electron chi connectivity index (χ2n) is 4.24. The zero-order valence-electron chi connectivity index (χ0n) is 8.74. The minimum Gasteiger partial charge on any atom is -0.512 e. The van der Waals surface area contributed by atoms with Crippen molar-refractivity contribution in [2.45, 2.75) is 38.2 Å². The Labute approximate surface area is 89.4 Å². The summed E-state index contributed by atoms with van der Waals surface area (Å²) in [6.45, 7) is 3.65. The van der Waals surface area contributed by atoms with Crippen LogP contribution in [0.3, 0.4) is 0 Å². The van der Waals surface area contributed by atoms with Gasteiger partial charge in [-0.05, 0) is 25.2 Å². The van der Waals surface area contributed by atoms with Gasteiger partial charge < -0.3 is 9.84 Å². The van der Waals surface area contributed by atoms with Crippen LogP contribution in [0.2, 0.25) is 0 Å². The van der Waals surface area contributed by atoms with Gasteiger partial charge in [0.1, 0.15) is 11.9 Å². The van der Waals surface area contributed by atoms with Crippen LogP contribution in [0.25, 0.3) is 0 Å². The summed E-state index contributed by atoms with van der Waals surface area (Å²) < 4.78 is 5.24. The molecular weight excluding hydrogens is 192 g/mol. The van der Waals surface area contributed by atoms with Crippen LogP contribution in [-0.4, -0.2) is 17.2 Å². The average molecular weight is 208 g/mol. The molecular formula is C12H16O3.